The SMILES string of the molecule is BrCCCCC(Br)c1ccc(Br)cc1. The van der Waals surface area contributed by atoms with Gasteiger partial charge in [-0.2, -0.15) is 0 Å². The Kier molecular flexibility index (Phi) is 6.38. The number of rotatable bonds is 5. The van der Waals surface area contributed by atoms with Crippen LogP contribution in [0.5, 0.6) is 0 Å². The number of unbranched alkanes of at least 4 members (excludes halogenated alkanes) is 1. The lowest BCUT2D eigenvalue weighted by Gasteiger charge is -2.09. The first-order valence-electron chi connectivity index (χ1n) is 4.69. The highest BCUT2D eigenvalue weighted by atomic mass is 79.9. The van der Waals surface area contributed by atoms with E-state index in [0.29, 0.717) is 4.83 Å². The summed E-state index contributed by atoms with van der Waals surface area (Å²) in [5.41, 5.74) is 1.36. The van der Waals surface area contributed by atoms with E-state index in [1.54, 1.807) is 0 Å². The number of hydrogen-bond donors (Lipinski definition) is 0. The molecule has 1 atom stereocenters. The first kappa shape index (κ1) is 12.7. The van der Waals surface area contributed by atoms with Crippen molar-refractivity contribution in [3.05, 3.63) is 34.3 Å². The van der Waals surface area contributed by atoms with Crippen molar-refractivity contribution in [2.24, 2.45) is 0 Å². The first-order valence-corrected chi connectivity index (χ1v) is 7.52. The highest BCUT2D eigenvalue weighted by Crippen LogP contribution is 2.29. The zero-order valence-corrected chi connectivity index (χ0v) is 12.6. The van der Waals surface area contributed by atoms with E-state index in [2.05, 4.69) is 72.1 Å². The molecule has 0 N–H and O–H groups in total. The average molecular weight is 385 g/mol. The lowest BCUT2D eigenvalue weighted by molar-refractivity contribution is 0.720. The van der Waals surface area contributed by atoms with Gasteiger partial charge in [-0.1, -0.05) is 66.3 Å². The van der Waals surface area contributed by atoms with Gasteiger partial charge in [0, 0.05) is 14.6 Å². The van der Waals surface area contributed by atoms with Crippen molar-refractivity contribution in [3.63, 3.8) is 0 Å². The second kappa shape index (κ2) is 7.02. The molecule has 0 radical (unpaired) electrons. The molecule has 0 heterocycles. The van der Waals surface area contributed by atoms with Crippen LogP contribution >= 0.6 is 47.8 Å². The molecule has 1 rings (SSSR count). The van der Waals surface area contributed by atoms with E-state index in [-0.39, 0.29) is 0 Å². The Morgan fingerprint density at radius 1 is 1.07 bits per heavy atom. The summed E-state index contributed by atoms with van der Waals surface area (Å²) >= 11 is 10.6. The Hall–Kier alpha value is 0.660. The largest absolute Gasteiger partial charge is 0.0928 e. The molecule has 0 spiro atoms. The zero-order valence-electron chi connectivity index (χ0n) is 7.85. The summed E-state index contributed by atoms with van der Waals surface area (Å²) in [4.78, 5) is 0.495. The van der Waals surface area contributed by atoms with Gasteiger partial charge in [-0.3, -0.25) is 0 Å². The summed E-state index contributed by atoms with van der Waals surface area (Å²) in [7, 11) is 0. The van der Waals surface area contributed by atoms with Gasteiger partial charge in [0.25, 0.3) is 0 Å². The van der Waals surface area contributed by atoms with Crippen LogP contribution in [0.15, 0.2) is 28.7 Å². The maximum atomic E-state index is 3.71. The molecule has 0 aromatic heterocycles. The van der Waals surface area contributed by atoms with E-state index < -0.39 is 0 Å². The van der Waals surface area contributed by atoms with Crippen molar-refractivity contribution in [2.45, 2.75) is 24.1 Å². The maximum absolute atomic E-state index is 3.71. The van der Waals surface area contributed by atoms with E-state index in [9.17, 15) is 0 Å². The molecule has 0 fully saturated rings. The van der Waals surface area contributed by atoms with Crippen LogP contribution in [0.4, 0.5) is 0 Å². The van der Waals surface area contributed by atoms with Crippen LogP contribution < -0.4 is 0 Å². The molecule has 1 aromatic rings. The fourth-order valence-corrected chi connectivity index (χ4v) is 2.55. The summed E-state index contributed by atoms with van der Waals surface area (Å²) < 4.78 is 1.14. The van der Waals surface area contributed by atoms with Gasteiger partial charge in [0.15, 0.2) is 0 Å². The average Bonchev–Trinajstić information content (AvgIpc) is 2.19. The molecule has 0 aliphatic heterocycles. The monoisotopic (exact) mass is 382 g/mol. The van der Waals surface area contributed by atoms with Gasteiger partial charge in [0.05, 0.1) is 0 Å². The van der Waals surface area contributed by atoms with Crippen LogP contribution in [0.3, 0.4) is 0 Å². The van der Waals surface area contributed by atoms with Gasteiger partial charge in [0.1, 0.15) is 0 Å². The molecule has 1 aromatic carbocycles. The van der Waals surface area contributed by atoms with Crippen molar-refractivity contribution in [1.82, 2.24) is 0 Å². The van der Waals surface area contributed by atoms with Gasteiger partial charge in [-0.25, -0.2) is 0 Å². The summed E-state index contributed by atoms with van der Waals surface area (Å²) in [6, 6.07) is 8.51. The smallest absolute Gasteiger partial charge is 0.0395 e. The van der Waals surface area contributed by atoms with Gasteiger partial charge in [0.2, 0.25) is 0 Å². The zero-order chi connectivity index (χ0) is 10.4. The van der Waals surface area contributed by atoms with Crippen LogP contribution in [0.25, 0.3) is 0 Å². The van der Waals surface area contributed by atoms with E-state index in [1.807, 2.05) is 0 Å². The lowest BCUT2D eigenvalue weighted by atomic mass is 10.1. The highest BCUT2D eigenvalue weighted by Gasteiger charge is 2.06. The molecule has 0 aliphatic carbocycles. The van der Waals surface area contributed by atoms with Crippen LogP contribution in [-0.2, 0) is 0 Å². The molecule has 1 unspecified atom stereocenters. The van der Waals surface area contributed by atoms with Gasteiger partial charge in [-0.05, 0) is 30.5 Å². The standard InChI is InChI=1S/C11H13Br3/c12-8-2-1-3-11(14)9-4-6-10(13)7-5-9/h4-7,11H,1-3,8H2. The third-order valence-corrected chi connectivity index (χ3v) is 4.15. The van der Waals surface area contributed by atoms with Crippen LogP contribution in [0.2, 0.25) is 0 Å². The predicted octanol–water partition coefficient (Wildman–Crippen LogP) is 5.45. The number of alkyl halides is 2. The first-order chi connectivity index (χ1) is 6.74. The number of benzene rings is 1. The molecular weight excluding hydrogens is 372 g/mol. The van der Waals surface area contributed by atoms with Crippen molar-refractivity contribution in [3.8, 4) is 0 Å². The minimum atomic E-state index is 0.495. The second-order valence-electron chi connectivity index (χ2n) is 3.20. The third kappa shape index (κ3) is 4.45. The fourth-order valence-electron chi connectivity index (χ4n) is 1.26. The molecule has 0 aliphatic rings. The highest BCUT2D eigenvalue weighted by molar-refractivity contribution is 9.10. The van der Waals surface area contributed by atoms with Gasteiger partial charge >= 0.3 is 0 Å². The summed E-state index contributed by atoms with van der Waals surface area (Å²) in [6.07, 6.45) is 3.71. The summed E-state index contributed by atoms with van der Waals surface area (Å²) in [5, 5.41) is 1.10. The Balaban J connectivity index is 2.43. The van der Waals surface area contributed by atoms with Crippen molar-refractivity contribution < 1.29 is 0 Å². The van der Waals surface area contributed by atoms with Crippen LogP contribution in [-0.4, -0.2) is 5.33 Å². The molecule has 14 heavy (non-hydrogen) atoms. The summed E-state index contributed by atoms with van der Waals surface area (Å²) in [6.45, 7) is 0. The Labute approximate surface area is 111 Å². The van der Waals surface area contributed by atoms with Crippen molar-refractivity contribution in [1.29, 1.82) is 0 Å². The summed E-state index contributed by atoms with van der Waals surface area (Å²) in [5.74, 6) is 0. The molecule has 0 saturated carbocycles. The maximum Gasteiger partial charge on any atom is 0.0395 e. The van der Waals surface area contributed by atoms with Gasteiger partial charge in [-0.15, -0.1) is 0 Å². The minimum Gasteiger partial charge on any atom is -0.0928 e. The molecule has 0 bridgehead atoms. The molecule has 0 nitrogen and oxygen atoms in total. The van der Waals surface area contributed by atoms with E-state index >= 15 is 0 Å². The fraction of sp³-hybridized carbons (Fsp3) is 0.455. The minimum absolute atomic E-state index is 0.495. The van der Waals surface area contributed by atoms with Crippen molar-refractivity contribution in [2.75, 3.05) is 5.33 Å². The Morgan fingerprint density at radius 3 is 2.29 bits per heavy atom. The van der Waals surface area contributed by atoms with Crippen LogP contribution in [0, 0.1) is 0 Å². The topological polar surface area (TPSA) is 0 Å². The molecule has 0 amide bonds. The predicted molar refractivity (Wildman–Crippen MR) is 73.5 cm³/mol. The lowest BCUT2D eigenvalue weighted by Crippen LogP contribution is -1.90. The third-order valence-electron chi connectivity index (χ3n) is 2.07. The quantitative estimate of drug-likeness (QED) is 0.467. The van der Waals surface area contributed by atoms with E-state index in [1.165, 1.54) is 24.8 Å². The Bertz CT molecular complexity index is 256. The van der Waals surface area contributed by atoms with Gasteiger partial charge < -0.3 is 0 Å². The molecular formula is C11H13Br3. The molecule has 0 saturated heterocycles. The van der Waals surface area contributed by atoms with E-state index in [4.69, 9.17) is 0 Å². The number of hydrogen-bond acceptors (Lipinski definition) is 0. The molecule has 78 valence electrons. The molecule has 3 heteroatoms. The Morgan fingerprint density at radius 2 is 1.71 bits per heavy atom. The van der Waals surface area contributed by atoms with E-state index in [0.717, 1.165) is 9.80 Å². The van der Waals surface area contributed by atoms with Crippen molar-refractivity contribution >= 4 is 47.8 Å². The number of halogens is 3. The second-order valence-corrected chi connectivity index (χ2v) is 6.02. The normalized spacial score (nSPS) is 12.8. The van der Waals surface area contributed by atoms with Crippen LogP contribution in [0.1, 0.15) is 29.7 Å².